The summed E-state index contributed by atoms with van der Waals surface area (Å²) in [5.74, 6) is -1.96. The zero-order valence-corrected chi connectivity index (χ0v) is 10.6. The van der Waals surface area contributed by atoms with Gasteiger partial charge in [0.1, 0.15) is 23.1 Å². The van der Waals surface area contributed by atoms with Crippen LogP contribution in [-0.2, 0) is 0 Å². The average molecular weight is 278 g/mol. The van der Waals surface area contributed by atoms with E-state index in [4.69, 9.17) is 10.5 Å². The van der Waals surface area contributed by atoms with Crippen molar-refractivity contribution < 1.29 is 18.3 Å². The molecule has 0 bridgehead atoms. The molecule has 6 heteroatoms. The van der Waals surface area contributed by atoms with E-state index in [0.29, 0.717) is 0 Å². The molecule has 104 valence electrons. The Morgan fingerprint density at radius 1 is 1.20 bits per heavy atom. The molecule has 0 heterocycles. The Kier molecular flexibility index (Phi) is 3.84. The SMILES string of the molecule is COc1ccc(C(=O)Nc2c(N)cccc2F)c(F)c1. The van der Waals surface area contributed by atoms with Gasteiger partial charge in [0.15, 0.2) is 0 Å². The van der Waals surface area contributed by atoms with Gasteiger partial charge in [-0.1, -0.05) is 6.07 Å². The van der Waals surface area contributed by atoms with Crippen LogP contribution in [0.1, 0.15) is 10.4 Å². The summed E-state index contributed by atoms with van der Waals surface area (Å²) < 4.78 is 32.1. The fraction of sp³-hybridized carbons (Fsp3) is 0.0714. The fourth-order valence-electron chi connectivity index (χ4n) is 1.66. The first-order chi connectivity index (χ1) is 9.52. The van der Waals surface area contributed by atoms with E-state index in [1.54, 1.807) is 0 Å². The van der Waals surface area contributed by atoms with E-state index >= 15 is 0 Å². The van der Waals surface area contributed by atoms with Crippen LogP contribution < -0.4 is 15.8 Å². The molecule has 0 saturated heterocycles. The summed E-state index contributed by atoms with van der Waals surface area (Å²) in [6.07, 6.45) is 0. The second-order valence-corrected chi connectivity index (χ2v) is 4.00. The predicted octanol–water partition coefficient (Wildman–Crippen LogP) is 2.81. The van der Waals surface area contributed by atoms with E-state index in [0.717, 1.165) is 12.1 Å². The molecule has 0 spiro atoms. The number of methoxy groups -OCH3 is 1. The summed E-state index contributed by atoms with van der Waals surface area (Å²) in [5.41, 5.74) is 5.22. The van der Waals surface area contributed by atoms with Crippen molar-refractivity contribution in [1.82, 2.24) is 0 Å². The molecule has 0 unspecified atom stereocenters. The smallest absolute Gasteiger partial charge is 0.258 e. The Labute approximate surface area is 114 Å². The lowest BCUT2D eigenvalue weighted by atomic mass is 10.1. The molecule has 1 amide bonds. The van der Waals surface area contributed by atoms with Gasteiger partial charge in [-0.3, -0.25) is 4.79 Å². The second-order valence-electron chi connectivity index (χ2n) is 4.00. The third-order valence-electron chi connectivity index (χ3n) is 2.71. The van der Waals surface area contributed by atoms with Crippen molar-refractivity contribution in [2.24, 2.45) is 0 Å². The number of benzene rings is 2. The van der Waals surface area contributed by atoms with Crippen molar-refractivity contribution in [2.75, 3.05) is 18.2 Å². The zero-order chi connectivity index (χ0) is 14.7. The Morgan fingerprint density at radius 3 is 2.55 bits per heavy atom. The molecular formula is C14H12F2N2O2. The molecule has 0 aliphatic rings. The van der Waals surface area contributed by atoms with E-state index in [1.807, 2.05) is 0 Å². The van der Waals surface area contributed by atoms with Crippen molar-refractivity contribution in [2.45, 2.75) is 0 Å². The molecule has 0 fully saturated rings. The monoisotopic (exact) mass is 278 g/mol. The zero-order valence-electron chi connectivity index (χ0n) is 10.6. The number of para-hydroxylation sites is 1. The summed E-state index contributed by atoms with van der Waals surface area (Å²) in [5, 5.41) is 2.25. The minimum Gasteiger partial charge on any atom is -0.497 e. The molecule has 4 nitrogen and oxygen atoms in total. The molecule has 2 aromatic carbocycles. The quantitative estimate of drug-likeness (QED) is 0.848. The summed E-state index contributed by atoms with van der Waals surface area (Å²) in [4.78, 5) is 11.9. The summed E-state index contributed by atoms with van der Waals surface area (Å²) >= 11 is 0. The number of anilines is 2. The van der Waals surface area contributed by atoms with Crippen LogP contribution in [0, 0.1) is 11.6 Å². The lowest BCUT2D eigenvalue weighted by molar-refractivity contribution is 0.102. The van der Waals surface area contributed by atoms with Crippen molar-refractivity contribution in [3.05, 3.63) is 53.6 Å². The van der Waals surface area contributed by atoms with Gasteiger partial charge in [0.05, 0.1) is 18.4 Å². The van der Waals surface area contributed by atoms with E-state index < -0.39 is 17.5 Å². The number of nitrogens with two attached hydrogens (primary N) is 1. The Bertz CT molecular complexity index is 639. The Balaban J connectivity index is 2.29. The van der Waals surface area contributed by atoms with Crippen LogP contribution in [-0.4, -0.2) is 13.0 Å². The highest BCUT2D eigenvalue weighted by Gasteiger charge is 2.15. The van der Waals surface area contributed by atoms with Crippen LogP contribution in [0.4, 0.5) is 20.2 Å². The van der Waals surface area contributed by atoms with Crippen molar-refractivity contribution in [3.63, 3.8) is 0 Å². The van der Waals surface area contributed by atoms with Crippen LogP contribution >= 0.6 is 0 Å². The van der Waals surface area contributed by atoms with E-state index in [2.05, 4.69) is 5.32 Å². The van der Waals surface area contributed by atoms with Gasteiger partial charge < -0.3 is 15.8 Å². The molecule has 2 aromatic rings. The lowest BCUT2D eigenvalue weighted by Crippen LogP contribution is -2.16. The highest BCUT2D eigenvalue weighted by molar-refractivity contribution is 6.06. The van der Waals surface area contributed by atoms with Gasteiger partial charge in [-0.25, -0.2) is 8.78 Å². The maximum atomic E-state index is 13.7. The largest absolute Gasteiger partial charge is 0.497 e. The number of halogens is 2. The van der Waals surface area contributed by atoms with Gasteiger partial charge in [0.2, 0.25) is 0 Å². The van der Waals surface area contributed by atoms with E-state index in [1.165, 1.54) is 31.4 Å². The van der Waals surface area contributed by atoms with Gasteiger partial charge in [0.25, 0.3) is 5.91 Å². The van der Waals surface area contributed by atoms with Crippen LogP contribution in [0.2, 0.25) is 0 Å². The number of rotatable bonds is 3. The fourth-order valence-corrected chi connectivity index (χ4v) is 1.66. The highest BCUT2D eigenvalue weighted by atomic mass is 19.1. The van der Waals surface area contributed by atoms with Crippen LogP contribution in [0.5, 0.6) is 5.75 Å². The second kappa shape index (κ2) is 5.56. The average Bonchev–Trinajstić information content (AvgIpc) is 2.42. The van der Waals surface area contributed by atoms with Crippen molar-refractivity contribution in [1.29, 1.82) is 0 Å². The molecule has 3 N–H and O–H groups in total. The number of hydrogen-bond donors (Lipinski definition) is 2. The van der Waals surface area contributed by atoms with Crippen LogP contribution in [0.15, 0.2) is 36.4 Å². The molecule has 0 saturated carbocycles. The van der Waals surface area contributed by atoms with Gasteiger partial charge in [0, 0.05) is 6.07 Å². The molecule has 0 radical (unpaired) electrons. The predicted molar refractivity (Wildman–Crippen MR) is 71.7 cm³/mol. The molecule has 0 aromatic heterocycles. The number of ether oxygens (including phenoxy) is 1. The first-order valence-electron chi connectivity index (χ1n) is 5.72. The summed E-state index contributed by atoms with van der Waals surface area (Å²) in [6.45, 7) is 0. The summed E-state index contributed by atoms with van der Waals surface area (Å²) in [7, 11) is 1.38. The number of hydrogen-bond acceptors (Lipinski definition) is 3. The topological polar surface area (TPSA) is 64.3 Å². The minimum atomic E-state index is -0.790. The molecule has 0 aliphatic heterocycles. The van der Waals surface area contributed by atoms with Gasteiger partial charge >= 0.3 is 0 Å². The lowest BCUT2D eigenvalue weighted by Gasteiger charge is -2.10. The Hall–Kier alpha value is -2.63. The third kappa shape index (κ3) is 2.69. The number of amides is 1. The van der Waals surface area contributed by atoms with Crippen LogP contribution in [0.25, 0.3) is 0 Å². The van der Waals surface area contributed by atoms with Crippen LogP contribution in [0.3, 0.4) is 0 Å². The normalized spacial score (nSPS) is 10.2. The molecule has 2 rings (SSSR count). The first-order valence-corrected chi connectivity index (χ1v) is 5.72. The van der Waals surface area contributed by atoms with Gasteiger partial charge in [-0.05, 0) is 24.3 Å². The summed E-state index contributed by atoms with van der Waals surface area (Å²) in [6, 6.07) is 7.75. The van der Waals surface area contributed by atoms with E-state index in [-0.39, 0.29) is 22.7 Å². The number of nitrogen functional groups attached to an aromatic ring is 1. The third-order valence-corrected chi connectivity index (χ3v) is 2.71. The number of nitrogens with one attached hydrogen (secondary N) is 1. The van der Waals surface area contributed by atoms with Gasteiger partial charge in [-0.15, -0.1) is 0 Å². The Morgan fingerprint density at radius 2 is 1.95 bits per heavy atom. The molecule has 0 aliphatic carbocycles. The van der Waals surface area contributed by atoms with Gasteiger partial charge in [-0.2, -0.15) is 0 Å². The van der Waals surface area contributed by atoms with Crippen molar-refractivity contribution in [3.8, 4) is 5.75 Å². The molecular weight excluding hydrogens is 266 g/mol. The maximum Gasteiger partial charge on any atom is 0.258 e. The maximum absolute atomic E-state index is 13.7. The highest BCUT2D eigenvalue weighted by Crippen LogP contribution is 2.23. The van der Waals surface area contributed by atoms with Crippen molar-refractivity contribution >= 4 is 17.3 Å². The molecule has 0 atom stereocenters. The van der Waals surface area contributed by atoms with E-state index in [9.17, 15) is 13.6 Å². The minimum absolute atomic E-state index is 0.0623. The first kappa shape index (κ1) is 13.8. The molecule has 20 heavy (non-hydrogen) atoms. The standard InChI is InChI=1S/C14H12F2N2O2/c1-20-8-5-6-9(11(16)7-8)14(19)18-13-10(15)3-2-4-12(13)17/h2-7H,17H2,1H3,(H,18,19). The number of carbonyl (C=O) groups is 1. The number of carbonyl (C=O) groups excluding carboxylic acids is 1.